The molecule has 4 nitrogen and oxygen atoms in total. The summed E-state index contributed by atoms with van der Waals surface area (Å²) in [6.45, 7) is 0. The summed E-state index contributed by atoms with van der Waals surface area (Å²) in [5, 5.41) is 12.1. The summed E-state index contributed by atoms with van der Waals surface area (Å²) in [7, 11) is 0. The number of nitrogens with zero attached hydrogens (tertiary/aromatic N) is 4. The van der Waals surface area contributed by atoms with Crippen molar-refractivity contribution in [3.63, 3.8) is 0 Å². The fraction of sp³-hybridized carbons (Fsp3) is 0. The zero-order chi connectivity index (χ0) is 41.2. The first-order chi connectivity index (χ1) is 31.3. The molecule has 0 aliphatic rings. The standard InChI is InChI=1S/C58H34N4S/c1-7-26-48-38(16-1)39-17-2-8-27-49(39)61(48)52-29-11-15-35-33-45-40-18-3-9-28-50(40)62(53(45)34-44(35)52)51-30-13-20-36-37(51)21-12-22-41(36)57-58(60-47-25-6-5-24-46(47)59-57)43-23-14-32-55-56(43)42-19-4-10-31-54(42)63-55/h1-34H. The largest absolute Gasteiger partial charge is 0.309 e. The van der Waals surface area contributed by atoms with E-state index in [1.165, 1.54) is 74.7 Å². The third-order valence-electron chi connectivity index (χ3n) is 13.1. The van der Waals surface area contributed by atoms with Gasteiger partial charge in [0, 0.05) is 63.6 Å². The lowest BCUT2D eigenvalue weighted by Gasteiger charge is -2.17. The van der Waals surface area contributed by atoms with Gasteiger partial charge in [0.2, 0.25) is 0 Å². The minimum atomic E-state index is 0.875. The van der Waals surface area contributed by atoms with Crippen LogP contribution in [-0.4, -0.2) is 19.1 Å². The number of hydrogen-bond acceptors (Lipinski definition) is 3. The Balaban J connectivity index is 1.04. The summed E-state index contributed by atoms with van der Waals surface area (Å²) in [5.41, 5.74) is 12.7. The smallest absolute Gasteiger partial charge is 0.0980 e. The quantitative estimate of drug-likeness (QED) is 0.177. The van der Waals surface area contributed by atoms with Crippen molar-refractivity contribution in [2.75, 3.05) is 0 Å². The van der Waals surface area contributed by atoms with Crippen LogP contribution >= 0.6 is 11.3 Å². The molecule has 0 aliphatic heterocycles. The van der Waals surface area contributed by atoms with E-state index in [4.69, 9.17) is 9.97 Å². The Kier molecular flexibility index (Phi) is 7.24. The monoisotopic (exact) mass is 818 g/mol. The fourth-order valence-electron chi connectivity index (χ4n) is 10.4. The van der Waals surface area contributed by atoms with Crippen LogP contribution in [0.15, 0.2) is 206 Å². The second-order valence-corrected chi connectivity index (χ2v) is 17.5. The molecular formula is C58H34N4S. The van der Waals surface area contributed by atoms with Crippen LogP contribution in [0, 0.1) is 0 Å². The Morgan fingerprint density at radius 1 is 0.317 bits per heavy atom. The van der Waals surface area contributed by atoms with Crippen LogP contribution in [0.25, 0.3) is 130 Å². The van der Waals surface area contributed by atoms with Gasteiger partial charge in [0.25, 0.3) is 0 Å². The van der Waals surface area contributed by atoms with Crippen LogP contribution in [0.5, 0.6) is 0 Å². The number of thiophene rings is 1. The Bertz CT molecular complexity index is 4170. The van der Waals surface area contributed by atoms with E-state index < -0.39 is 0 Å². The Morgan fingerprint density at radius 3 is 1.54 bits per heavy atom. The van der Waals surface area contributed by atoms with Crippen LogP contribution in [0.2, 0.25) is 0 Å². The number of para-hydroxylation sites is 5. The van der Waals surface area contributed by atoms with Crippen LogP contribution in [0.4, 0.5) is 0 Å². The number of rotatable bonds is 4. The van der Waals surface area contributed by atoms with Gasteiger partial charge in [0.15, 0.2) is 0 Å². The molecule has 0 radical (unpaired) electrons. The molecule has 14 aromatic rings. The summed E-state index contributed by atoms with van der Waals surface area (Å²) in [6, 6.07) is 74.8. The van der Waals surface area contributed by atoms with E-state index >= 15 is 0 Å². The molecule has 0 unspecified atom stereocenters. The second kappa shape index (κ2) is 13.2. The predicted molar refractivity (Wildman–Crippen MR) is 267 cm³/mol. The second-order valence-electron chi connectivity index (χ2n) is 16.5. The van der Waals surface area contributed by atoms with Crippen LogP contribution in [0.1, 0.15) is 0 Å². The van der Waals surface area contributed by atoms with Gasteiger partial charge in [-0.2, -0.15) is 0 Å². The minimum absolute atomic E-state index is 0.875. The van der Waals surface area contributed by atoms with Crippen molar-refractivity contribution in [2.24, 2.45) is 0 Å². The average Bonchev–Trinajstić information content (AvgIpc) is 4.00. The van der Waals surface area contributed by atoms with Gasteiger partial charge in [0.05, 0.1) is 55.9 Å². The topological polar surface area (TPSA) is 35.6 Å². The maximum absolute atomic E-state index is 5.48. The molecular weight excluding hydrogens is 785 g/mol. The molecule has 0 N–H and O–H groups in total. The average molecular weight is 819 g/mol. The zero-order valence-electron chi connectivity index (χ0n) is 33.8. The molecule has 14 rings (SSSR count). The highest BCUT2D eigenvalue weighted by atomic mass is 32.1. The number of fused-ring (bicyclic) bond motifs is 12. The molecule has 4 heterocycles. The van der Waals surface area contributed by atoms with Gasteiger partial charge in [0.1, 0.15) is 0 Å². The van der Waals surface area contributed by atoms with E-state index in [1.807, 2.05) is 23.5 Å². The molecule has 0 bridgehead atoms. The Hall–Kier alpha value is -8.12. The molecule has 5 heteroatoms. The zero-order valence-corrected chi connectivity index (χ0v) is 34.6. The van der Waals surface area contributed by atoms with Crippen molar-refractivity contribution in [1.29, 1.82) is 0 Å². The first-order valence-corrected chi connectivity index (χ1v) is 22.2. The third-order valence-corrected chi connectivity index (χ3v) is 14.2. The summed E-state index contributed by atoms with van der Waals surface area (Å²) >= 11 is 1.83. The van der Waals surface area contributed by atoms with E-state index in [9.17, 15) is 0 Å². The lowest BCUT2D eigenvalue weighted by Crippen LogP contribution is -1.99. The van der Waals surface area contributed by atoms with Crippen molar-refractivity contribution in [3.8, 4) is 33.9 Å². The van der Waals surface area contributed by atoms with Crippen molar-refractivity contribution in [1.82, 2.24) is 19.1 Å². The first-order valence-electron chi connectivity index (χ1n) is 21.4. The first kappa shape index (κ1) is 34.6. The fourth-order valence-corrected chi connectivity index (χ4v) is 11.5. The Morgan fingerprint density at radius 2 is 0.810 bits per heavy atom. The van der Waals surface area contributed by atoms with E-state index in [1.54, 1.807) is 0 Å². The summed E-state index contributed by atoms with van der Waals surface area (Å²) in [4.78, 5) is 10.9. The maximum atomic E-state index is 5.48. The highest BCUT2D eigenvalue weighted by molar-refractivity contribution is 7.25. The lowest BCUT2D eigenvalue weighted by atomic mass is 9.95. The van der Waals surface area contributed by atoms with E-state index in [0.29, 0.717) is 0 Å². The van der Waals surface area contributed by atoms with Gasteiger partial charge in [-0.1, -0.05) is 140 Å². The summed E-state index contributed by atoms with van der Waals surface area (Å²) in [6.07, 6.45) is 0. The van der Waals surface area contributed by atoms with Gasteiger partial charge < -0.3 is 9.13 Å². The van der Waals surface area contributed by atoms with Crippen LogP contribution in [-0.2, 0) is 0 Å². The predicted octanol–water partition coefficient (Wildman–Crippen LogP) is 15.8. The third kappa shape index (κ3) is 4.97. The normalized spacial score (nSPS) is 12.1. The van der Waals surface area contributed by atoms with Crippen molar-refractivity contribution in [2.45, 2.75) is 0 Å². The SMILES string of the molecule is c1cc(-n2c3ccccc3c3ccccc32)c2cc3c(cc2c1)c1ccccc1n3-c1cccc2c(-c3nc4ccccc4nc3-c3cccc4sc5ccccc5c34)cccc12. The molecule has 0 amide bonds. The van der Waals surface area contributed by atoms with Gasteiger partial charge in [-0.15, -0.1) is 11.3 Å². The van der Waals surface area contributed by atoms with E-state index in [-0.39, 0.29) is 0 Å². The molecule has 0 saturated carbocycles. The van der Waals surface area contributed by atoms with Crippen molar-refractivity contribution in [3.05, 3.63) is 206 Å². The van der Waals surface area contributed by atoms with Crippen LogP contribution in [0.3, 0.4) is 0 Å². The van der Waals surface area contributed by atoms with Crippen molar-refractivity contribution >= 4 is 108 Å². The van der Waals surface area contributed by atoms with E-state index in [2.05, 4.69) is 203 Å². The molecule has 0 spiro atoms. The molecule has 0 atom stereocenters. The number of hydrogen-bond donors (Lipinski definition) is 0. The molecule has 292 valence electrons. The molecule has 10 aromatic carbocycles. The number of benzene rings is 10. The summed E-state index contributed by atoms with van der Waals surface area (Å²) in [5.74, 6) is 0. The van der Waals surface area contributed by atoms with Crippen LogP contribution < -0.4 is 0 Å². The minimum Gasteiger partial charge on any atom is -0.309 e. The van der Waals surface area contributed by atoms with Gasteiger partial charge in [-0.05, 0) is 77.5 Å². The molecule has 0 fully saturated rings. The number of aromatic nitrogens is 4. The van der Waals surface area contributed by atoms with Gasteiger partial charge in [-0.25, -0.2) is 9.97 Å². The highest BCUT2D eigenvalue weighted by Gasteiger charge is 2.22. The molecule has 0 saturated heterocycles. The maximum Gasteiger partial charge on any atom is 0.0980 e. The molecule has 0 aliphatic carbocycles. The van der Waals surface area contributed by atoms with Gasteiger partial charge >= 0.3 is 0 Å². The lowest BCUT2D eigenvalue weighted by molar-refractivity contribution is 1.19. The van der Waals surface area contributed by atoms with Gasteiger partial charge in [-0.3, -0.25) is 0 Å². The highest BCUT2D eigenvalue weighted by Crippen LogP contribution is 2.45. The molecule has 63 heavy (non-hydrogen) atoms. The molecule has 4 aromatic heterocycles. The Labute approximate surface area is 365 Å². The van der Waals surface area contributed by atoms with E-state index in [0.717, 1.165) is 55.5 Å². The summed E-state index contributed by atoms with van der Waals surface area (Å²) < 4.78 is 7.43. The van der Waals surface area contributed by atoms with Crippen molar-refractivity contribution < 1.29 is 0 Å².